The Labute approximate surface area is 394 Å². The van der Waals surface area contributed by atoms with E-state index < -0.39 is 12.1 Å². The molecule has 0 aliphatic rings. The Kier molecular flexibility index (Phi) is 52.5. The van der Waals surface area contributed by atoms with E-state index in [1.54, 1.807) is 0 Å². The van der Waals surface area contributed by atoms with Gasteiger partial charge in [0.25, 0.3) is 0 Å². The molecule has 0 aromatic rings. The highest BCUT2D eigenvalue weighted by atomic mass is 16.5. The molecule has 0 saturated heterocycles. The van der Waals surface area contributed by atoms with Gasteiger partial charge < -0.3 is 20.3 Å². The van der Waals surface area contributed by atoms with Crippen LogP contribution in [-0.2, 0) is 14.3 Å². The maximum absolute atomic E-state index is 12.5. The fourth-order valence-electron chi connectivity index (χ4n) is 9.23. The van der Waals surface area contributed by atoms with Crippen molar-refractivity contribution in [2.75, 3.05) is 13.2 Å². The number of carbonyl (C=O) groups excluding carboxylic acids is 2. The predicted molar refractivity (Wildman–Crippen MR) is 274 cm³/mol. The molecule has 0 spiro atoms. The third-order valence-corrected chi connectivity index (χ3v) is 13.7. The van der Waals surface area contributed by atoms with E-state index in [1.807, 2.05) is 0 Å². The summed E-state index contributed by atoms with van der Waals surface area (Å²) in [5.41, 5.74) is 0. The minimum absolute atomic E-state index is 0.0157. The van der Waals surface area contributed by atoms with Gasteiger partial charge in [-0.05, 0) is 25.7 Å². The van der Waals surface area contributed by atoms with Crippen LogP contribution >= 0.6 is 0 Å². The molecule has 376 valence electrons. The van der Waals surface area contributed by atoms with Crippen LogP contribution in [0, 0.1) is 0 Å². The highest BCUT2D eigenvalue weighted by molar-refractivity contribution is 5.76. The quantitative estimate of drug-likeness (QED) is 0.0418. The van der Waals surface area contributed by atoms with E-state index in [1.165, 1.54) is 238 Å². The molecule has 3 N–H and O–H groups in total. The van der Waals surface area contributed by atoms with Gasteiger partial charge in [0.05, 0.1) is 25.4 Å². The smallest absolute Gasteiger partial charge is 0.305 e. The zero-order chi connectivity index (χ0) is 45.8. The molecule has 0 aliphatic heterocycles. The number of aliphatic hydroxyl groups is 2. The van der Waals surface area contributed by atoms with Crippen LogP contribution in [0.4, 0.5) is 0 Å². The van der Waals surface area contributed by atoms with Crippen LogP contribution in [-0.4, -0.2) is 47.4 Å². The summed E-state index contributed by atoms with van der Waals surface area (Å²) in [4.78, 5) is 24.5. The molecule has 0 aliphatic carbocycles. The molecule has 2 atom stereocenters. The molecular weight excluding hydrogens is 779 g/mol. The number of esters is 1. The minimum Gasteiger partial charge on any atom is -0.466 e. The third kappa shape index (κ3) is 50.1. The summed E-state index contributed by atoms with van der Waals surface area (Å²) in [6, 6.07) is -0.557. The van der Waals surface area contributed by atoms with Gasteiger partial charge in [0.2, 0.25) is 5.91 Å². The Bertz CT molecular complexity index is 898. The molecular formula is C57H113NO5. The Hall–Kier alpha value is -1.14. The van der Waals surface area contributed by atoms with E-state index in [-0.39, 0.29) is 18.5 Å². The number of ether oxygens (including phenoxy) is 1. The van der Waals surface area contributed by atoms with Crippen molar-refractivity contribution in [2.24, 2.45) is 0 Å². The number of aliphatic hydroxyl groups excluding tert-OH is 2. The van der Waals surface area contributed by atoms with Crippen molar-refractivity contribution >= 4 is 11.9 Å². The van der Waals surface area contributed by atoms with Crippen LogP contribution in [0.1, 0.15) is 328 Å². The molecule has 63 heavy (non-hydrogen) atoms. The number of rotatable bonds is 54. The average Bonchev–Trinajstić information content (AvgIpc) is 3.28. The lowest BCUT2D eigenvalue weighted by atomic mass is 10.0. The van der Waals surface area contributed by atoms with E-state index in [9.17, 15) is 19.8 Å². The summed E-state index contributed by atoms with van der Waals surface area (Å²) in [5.74, 6) is -0.0688. The third-order valence-electron chi connectivity index (χ3n) is 13.7. The summed E-state index contributed by atoms with van der Waals surface area (Å²) in [5, 5.41) is 23.3. The largest absolute Gasteiger partial charge is 0.466 e. The van der Waals surface area contributed by atoms with Crippen LogP contribution in [0.25, 0.3) is 0 Å². The van der Waals surface area contributed by atoms with Gasteiger partial charge in [0.15, 0.2) is 0 Å². The molecule has 0 aromatic heterocycles. The van der Waals surface area contributed by atoms with Crippen LogP contribution in [0.3, 0.4) is 0 Å². The monoisotopic (exact) mass is 892 g/mol. The second-order valence-electron chi connectivity index (χ2n) is 20.0. The van der Waals surface area contributed by atoms with Crippen molar-refractivity contribution in [3.05, 3.63) is 0 Å². The van der Waals surface area contributed by atoms with Gasteiger partial charge >= 0.3 is 5.97 Å². The number of hydrogen-bond donors (Lipinski definition) is 3. The summed E-state index contributed by atoms with van der Waals surface area (Å²) in [6.07, 6.45) is 60.9. The second kappa shape index (κ2) is 53.5. The predicted octanol–water partition coefficient (Wildman–Crippen LogP) is 17.5. The molecule has 6 nitrogen and oxygen atoms in total. The molecule has 1 amide bonds. The molecule has 6 heteroatoms. The number of carbonyl (C=O) groups is 2. The van der Waals surface area contributed by atoms with Crippen LogP contribution in [0.2, 0.25) is 0 Å². The minimum atomic E-state index is -0.678. The lowest BCUT2D eigenvalue weighted by molar-refractivity contribution is -0.143. The first-order valence-electron chi connectivity index (χ1n) is 28.8. The van der Waals surface area contributed by atoms with Crippen LogP contribution in [0.5, 0.6) is 0 Å². The SMILES string of the molecule is CCCCCCCCCCCCCCCCCCCCCCCCCC(O)C(CO)NC(=O)CCCCCCCCCCCCOC(=O)CCCCCCCCCCCCCCC. The first kappa shape index (κ1) is 61.9. The van der Waals surface area contributed by atoms with Crippen molar-refractivity contribution in [2.45, 2.75) is 341 Å². The lowest BCUT2D eigenvalue weighted by Crippen LogP contribution is -2.45. The number of unbranched alkanes of at least 4 members (excludes halogenated alkanes) is 43. The molecule has 2 unspecified atom stereocenters. The average molecular weight is 893 g/mol. The second-order valence-corrected chi connectivity index (χ2v) is 20.0. The molecule has 0 rings (SSSR count). The normalized spacial score (nSPS) is 12.5. The lowest BCUT2D eigenvalue weighted by Gasteiger charge is -2.22. The van der Waals surface area contributed by atoms with Crippen molar-refractivity contribution in [3.63, 3.8) is 0 Å². The van der Waals surface area contributed by atoms with E-state index >= 15 is 0 Å². The maximum atomic E-state index is 12.5. The molecule has 0 heterocycles. The van der Waals surface area contributed by atoms with Gasteiger partial charge in [-0.1, -0.05) is 290 Å². The Morgan fingerprint density at radius 3 is 0.968 bits per heavy atom. The van der Waals surface area contributed by atoms with Crippen molar-refractivity contribution in [1.29, 1.82) is 0 Å². The maximum Gasteiger partial charge on any atom is 0.305 e. The number of hydrogen-bond acceptors (Lipinski definition) is 5. The summed E-state index contributed by atoms with van der Waals surface area (Å²) in [6.45, 7) is 4.93. The Morgan fingerprint density at radius 1 is 0.381 bits per heavy atom. The van der Waals surface area contributed by atoms with Crippen LogP contribution in [0.15, 0.2) is 0 Å². The number of nitrogens with one attached hydrogen (secondary N) is 1. The van der Waals surface area contributed by atoms with Gasteiger partial charge in [-0.2, -0.15) is 0 Å². The van der Waals surface area contributed by atoms with Gasteiger partial charge in [-0.25, -0.2) is 0 Å². The molecule has 0 saturated carbocycles. The van der Waals surface area contributed by atoms with E-state index in [0.717, 1.165) is 57.8 Å². The van der Waals surface area contributed by atoms with Crippen molar-refractivity contribution in [1.82, 2.24) is 5.32 Å². The fourth-order valence-corrected chi connectivity index (χ4v) is 9.23. The Balaban J connectivity index is 3.45. The molecule has 0 fully saturated rings. The van der Waals surface area contributed by atoms with Gasteiger partial charge in [0.1, 0.15) is 0 Å². The molecule has 0 bridgehead atoms. The van der Waals surface area contributed by atoms with Crippen LogP contribution < -0.4 is 5.32 Å². The first-order chi connectivity index (χ1) is 31.0. The van der Waals surface area contributed by atoms with E-state index in [4.69, 9.17) is 4.74 Å². The zero-order valence-corrected chi connectivity index (χ0v) is 42.8. The van der Waals surface area contributed by atoms with Crippen molar-refractivity contribution < 1.29 is 24.5 Å². The van der Waals surface area contributed by atoms with Crippen molar-refractivity contribution in [3.8, 4) is 0 Å². The number of amides is 1. The molecule has 0 aromatic carbocycles. The Morgan fingerprint density at radius 2 is 0.651 bits per heavy atom. The molecule has 0 radical (unpaired) electrons. The highest BCUT2D eigenvalue weighted by Crippen LogP contribution is 2.18. The topological polar surface area (TPSA) is 95.9 Å². The zero-order valence-electron chi connectivity index (χ0n) is 42.8. The highest BCUT2D eigenvalue weighted by Gasteiger charge is 2.20. The first-order valence-corrected chi connectivity index (χ1v) is 28.8. The fraction of sp³-hybridized carbons (Fsp3) is 0.965. The van der Waals surface area contributed by atoms with E-state index in [2.05, 4.69) is 19.2 Å². The van der Waals surface area contributed by atoms with Gasteiger partial charge in [0, 0.05) is 12.8 Å². The summed E-state index contributed by atoms with van der Waals surface area (Å²) >= 11 is 0. The summed E-state index contributed by atoms with van der Waals surface area (Å²) in [7, 11) is 0. The summed E-state index contributed by atoms with van der Waals surface area (Å²) < 4.78 is 5.46. The standard InChI is InChI=1S/C57H113NO5/c1-3-5-7-9-11-13-15-17-18-19-20-21-22-23-24-25-26-28-29-33-37-41-45-49-55(60)54(53-59)58-56(61)50-46-42-38-34-31-32-36-40-44-48-52-63-57(62)51-47-43-39-35-30-27-16-14-12-10-8-6-4-2/h54-55,59-60H,3-53H2,1-2H3,(H,58,61). The van der Waals surface area contributed by atoms with Gasteiger partial charge in [-0.15, -0.1) is 0 Å². The van der Waals surface area contributed by atoms with E-state index in [0.29, 0.717) is 25.9 Å². The van der Waals surface area contributed by atoms with Gasteiger partial charge in [-0.3, -0.25) is 9.59 Å².